The molecule has 0 N–H and O–H groups in total. The highest BCUT2D eigenvalue weighted by Crippen LogP contribution is 2.48. The van der Waals surface area contributed by atoms with E-state index in [9.17, 15) is 4.57 Å². The molecule has 20 heavy (non-hydrogen) atoms. The molecule has 1 nitrogen and oxygen atoms in total. The Kier molecular flexibility index (Phi) is 5.59. The van der Waals surface area contributed by atoms with Crippen LogP contribution in [0.3, 0.4) is 0 Å². The second-order valence-corrected chi connectivity index (χ2v) is 8.75. The molecular formula is C16H17OPS2. The average Bonchev–Trinajstić information content (AvgIpc) is 2.54. The Morgan fingerprint density at radius 2 is 1.25 bits per heavy atom. The lowest BCUT2D eigenvalue weighted by Gasteiger charge is -2.16. The number of hydrogen-bond donors (Lipinski definition) is 0. The van der Waals surface area contributed by atoms with Crippen molar-refractivity contribution >= 4 is 41.3 Å². The largest absolute Gasteiger partial charge is 0.309 e. The number of rotatable bonds is 5. The van der Waals surface area contributed by atoms with Crippen LogP contribution in [0.25, 0.3) is 0 Å². The quantitative estimate of drug-likeness (QED) is 0.754. The Labute approximate surface area is 129 Å². The lowest BCUT2D eigenvalue weighted by atomic mass is 10.4. The van der Waals surface area contributed by atoms with Gasteiger partial charge in [-0.15, -0.1) is 23.5 Å². The third kappa shape index (κ3) is 3.41. The molecule has 2 aromatic rings. The first-order valence-corrected chi connectivity index (χ1v) is 10.4. The molecule has 0 bridgehead atoms. The molecule has 104 valence electrons. The summed E-state index contributed by atoms with van der Waals surface area (Å²) in [5, 5.41) is 1.76. The first kappa shape index (κ1) is 15.5. The van der Waals surface area contributed by atoms with Gasteiger partial charge in [0.1, 0.15) is 0 Å². The summed E-state index contributed by atoms with van der Waals surface area (Å²) in [5.74, 6) is 1.94. The summed E-state index contributed by atoms with van der Waals surface area (Å²) in [6, 6.07) is 19.5. The number of hydrogen-bond acceptors (Lipinski definition) is 3. The minimum atomic E-state index is -2.72. The highest BCUT2D eigenvalue weighted by Gasteiger charge is 2.25. The summed E-state index contributed by atoms with van der Waals surface area (Å²) in [5.41, 5.74) is 0. The summed E-state index contributed by atoms with van der Waals surface area (Å²) in [6.45, 7) is 0. The molecule has 0 aliphatic rings. The molecule has 2 rings (SSSR count). The first-order valence-electron chi connectivity index (χ1n) is 6.22. The maximum atomic E-state index is 13.6. The number of benzene rings is 2. The van der Waals surface area contributed by atoms with Gasteiger partial charge in [0.25, 0.3) is 0 Å². The Bertz CT molecular complexity index is 574. The van der Waals surface area contributed by atoms with E-state index in [1.54, 1.807) is 23.5 Å². The third-order valence-corrected chi connectivity index (χ3v) is 8.11. The van der Waals surface area contributed by atoms with Gasteiger partial charge in [0.15, 0.2) is 7.14 Å². The van der Waals surface area contributed by atoms with E-state index in [2.05, 4.69) is 0 Å². The molecule has 4 heteroatoms. The second-order valence-electron chi connectivity index (χ2n) is 4.19. The highest BCUT2D eigenvalue weighted by atomic mass is 32.2. The van der Waals surface area contributed by atoms with Gasteiger partial charge in [-0.3, -0.25) is 0 Å². The van der Waals surface area contributed by atoms with E-state index in [4.69, 9.17) is 0 Å². The van der Waals surface area contributed by atoms with Crippen LogP contribution >= 0.6 is 30.7 Å². The van der Waals surface area contributed by atoms with Crippen LogP contribution < -0.4 is 10.6 Å². The zero-order chi connectivity index (χ0) is 14.4. The van der Waals surface area contributed by atoms with Crippen molar-refractivity contribution in [3.63, 3.8) is 0 Å². The molecule has 0 aliphatic carbocycles. The van der Waals surface area contributed by atoms with E-state index < -0.39 is 7.14 Å². The van der Waals surface area contributed by atoms with E-state index >= 15 is 0 Å². The van der Waals surface area contributed by atoms with Crippen LogP contribution in [0, 0.1) is 0 Å². The molecule has 0 fully saturated rings. The van der Waals surface area contributed by atoms with E-state index in [0.29, 0.717) is 0 Å². The van der Waals surface area contributed by atoms with Crippen molar-refractivity contribution in [2.24, 2.45) is 0 Å². The predicted molar refractivity (Wildman–Crippen MR) is 94.9 cm³/mol. The smallest absolute Gasteiger partial charge is 0.165 e. The van der Waals surface area contributed by atoms with Crippen LogP contribution in [0.5, 0.6) is 0 Å². The van der Waals surface area contributed by atoms with Gasteiger partial charge in [0.2, 0.25) is 0 Å². The molecule has 0 amide bonds. The molecule has 2 aromatic carbocycles. The average molecular weight is 320 g/mol. The van der Waals surface area contributed by atoms with Crippen molar-refractivity contribution in [2.75, 3.05) is 12.5 Å². The molecule has 0 aliphatic heterocycles. The fourth-order valence-corrected chi connectivity index (χ4v) is 6.46. The topological polar surface area (TPSA) is 17.1 Å². The molecular weight excluding hydrogens is 303 g/mol. The van der Waals surface area contributed by atoms with Crippen LogP contribution in [0.15, 0.2) is 70.7 Å². The van der Waals surface area contributed by atoms with E-state index in [0.717, 1.165) is 14.8 Å². The maximum absolute atomic E-state index is 13.6. The molecule has 0 spiro atoms. The second kappa shape index (κ2) is 7.21. The van der Waals surface area contributed by atoms with Gasteiger partial charge in [0.05, 0.1) is 0 Å². The standard InChI is InChI=1S/C16H17OPS2/c1-19-16(20-2)13-18(17,14-9-5-3-6-10-14)15-11-7-4-8-12-15/h3-13H,1-2H3. The van der Waals surface area contributed by atoms with Gasteiger partial charge in [-0.1, -0.05) is 60.7 Å². The first-order chi connectivity index (χ1) is 9.70. The van der Waals surface area contributed by atoms with E-state index in [1.807, 2.05) is 79.0 Å². The summed E-state index contributed by atoms with van der Waals surface area (Å²) in [6.07, 6.45) is 4.03. The van der Waals surface area contributed by atoms with Crippen LogP contribution in [-0.2, 0) is 4.57 Å². The Morgan fingerprint density at radius 1 is 0.850 bits per heavy atom. The Hall–Kier alpha value is -0.890. The lowest BCUT2D eigenvalue weighted by molar-refractivity contribution is 0.592. The lowest BCUT2D eigenvalue weighted by Crippen LogP contribution is -2.14. The third-order valence-electron chi connectivity index (χ3n) is 2.97. The molecule has 0 saturated carbocycles. The molecule has 0 radical (unpaired) electrons. The SMILES string of the molecule is CSC(=CP(=O)(c1ccccc1)c1ccccc1)SC. The van der Waals surface area contributed by atoms with E-state index in [1.165, 1.54) is 0 Å². The van der Waals surface area contributed by atoms with Crippen molar-refractivity contribution in [3.8, 4) is 0 Å². The van der Waals surface area contributed by atoms with Crippen molar-refractivity contribution in [1.29, 1.82) is 0 Å². The molecule has 0 atom stereocenters. The zero-order valence-electron chi connectivity index (χ0n) is 11.5. The van der Waals surface area contributed by atoms with Gasteiger partial charge < -0.3 is 4.57 Å². The van der Waals surface area contributed by atoms with Crippen molar-refractivity contribution in [3.05, 3.63) is 70.7 Å². The molecule has 0 heterocycles. The van der Waals surface area contributed by atoms with Crippen LogP contribution in [0.2, 0.25) is 0 Å². The molecule has 0 aromatic heterocycles. The van der Waals surface area contributed by atoms with Gasteiger partial charge in [-0.2, -0.15) is 0 Å². The Morgan fingerprint density at radius 3 is 1.60 bits per heavy atom. The van der Waals surface area contributed by atoms with E-state index in [-0.39, 0.29) is 0 Å². The summed E-state index contributed by atoms with van der Waals surface area (Å²) < 4.78 is 14.7. The Balaban J connectivity index is 2.62. The van der Waals surface area contributed by atoms with Gasteiger partial charge in [-0.05, 0) is 12.5 Å². The van der Waals surface area contributed by atoms with Crippen LogP contribution in [0.4, 0.5) is 0 Å². The van der Waals surface area contributed by atoms with Crippen molar-refractivity contribution < 1.29 is 4.57 Å². The molecule has 0 unspecified atom stereocenters. The zero-order valence-corrected chi connectivity index (χ0v) is 14.1. The fourth-order valence-electron chi connectivity index (χ4n) is 1.93. The summed E-state index contributed by atoms with van der Waals surface area (Å²) in [4.78, 5) is 0. The minimum Gasteiger partial charge on any atom is -0.309 e. The normalized spacial score (nSPS) is 11.1. The highest BCUT2D eigenvalue weighted by molar-refractivity contribution is 8.22. The van der Waals surface area contributed by atoms with Crippen LogP contribution in [0.1, 0.15) is 0 Å². The summed E-state index contributed by atoms with van der Waals surface area (Å²) >= 11 is 3.28. The molecule has 0 saturated heterocycles. The fraction of sp³-hybridized carbons (Fsp3) is 0.125. The van der Waals surface area contributed by atoms with Gasteiger partial charge >= 0.3 is 0 Å². The van der Waals surface area contributed by atoms with Crippen molar-refractivity contribution in [1.82, 2.24) is 0 Å². The van der Waals surface area contributed by atoms with Gasteiger partial charge in [0, 0.05) is 20.7 Å². The van der Waals surface area contributed by atoms with Crippen molar-refractivity contribution in [2.45, 2.75) is 0 Å². The predicted octanol–water partition coefficient (Wildman–Crippen LogP) is 4.53. The van der Waals surface area contributed by atoms with Gasteiger partial charge in [-0.25, -0.2) is 0 Å². The van der Waals surface area contributed by atoms with Crippen LogP contribution in [-0.4, -0.2) is 12.5 Å². The number of thioether (sulfide) groups is 2. The minimum absolute atomic E-state index is 0.881. The monoisotopic (exact) mass is 320 g/mol. The summed E-state index contributed by atoms with van der Waals surface area (Å²) in [7, 11) is -2.72. The maximum Gasteiger partial charge on any atom is 0.165 e.